The lowest BCUT2D eigenvalue weighted by atomic mass is 9.77. The molecular formula is C12H26O. The van der Waals surface area contributed by atoms with Crippen LogP contribution < -0.4 is 0 Å². The van der Waals surface area contributed by atoms with E-state index in [1.165, 1.54) is 0 Å². The highest BCUT2D eigenvalue weighted by molar-refractivity contribution is 4.76. The molecule has 0 saturated heterocycles. The Labute approximate surface area is 83.5 Å². The van der Waals surface area contributed by atoms with Crippen molar-refractivity contribution in [3.8, 4) is 0 Å². The van der Waals surface area contributed by atoms with Crippen molar-refractivity contribution >= 4 is 0 Å². The standard InChI is InChI=1S/C12H26O/c1-9(2)7-8-11(13)10(3)12(4,5)6/h9-11,13H,7-8H2,1-6H3. The minimum atomic E-state index is -0.137. The van der Waals surface area contributed by atoms with Gasteiger partial charge in [0.05, 0.1) is 6.10 Å². The lowest BCUT2D eigenvalue weighted by Gasteiger charge is -2.31. The first-order chi connectivity index (χ1) is 5.75. The normalized spacial score (nSPS) is 17.5. The molecule has 0 radical (unpaired) electrons. The Kier molecular flexibility index (Phi) is 4.98. The number of aliphatic hydroxyl groups excluding tert-OH is 1. The van der Waals surface area contributed by atoms with E-state index < -0.39 is 0 Å². The number of rotatable bonds is 4. The van der Waals surface area contributed by atoms with Gasteiger partial charge in [-0.3, -0.25) is 0 Å². The molecule has 2 unspecified atom stereocenters. The third-order valence-electron chi connectivity index (χ3n) is 2.98. The largest absolute Gasteiger partial charge is 0.393 e. The first-order valence-electron chi connectivity index (χ1n) is 5.43. The Bertz CT molecular complexity index is 133. The van der Waals surface area contributed by atoms with Crippen LogP contribution in [-0.4, -0.2) is 11.2 Å². The highest BCUT2D eigenvalue weighted by Gasteiger charge is 2.26. The topological polar surface area (TPSA) is 20.2 Å². The second-order valence-electron chi connectivity index (χ2n) is 5.69. The van der Waals surface area contributed by atoms with Crippen molar-refractivity contribution < 1.29 is 5.11 Å². The van der Waals surface area contributed by atoms with Crippen LogP contribution in [0.1, 0.15) is 54.4 Å². The molecule has 0 aromatic rings. The van der Waals surface area contributed by atoms with Gasteiger partial charge in [-0.2, -0.15) is 0 Å². The first kappa shape index (κ1) is 13.0. The van der Waals surface area contributed by atoms with E-state index in [1.54, 1.807) is 0 Å². The smallest absolute Gasteiger partial charge is 0.0570 e. The van der Waals surface area contributed by atoms with E-state index >= 15 is 0 Å². The quantitative estimate of drug-likeness (QED) is 0.713. The fraction of sp³-hybridized carbons (Fsp3) is 1.00. The Hall–Kier alpha value is -0.0400. The van der Waals surface area contributed by atoms with Gasteiger partial charge in [0.1, 0.15) is 0 Å². The lowest BCUT2D eigenvalue weighted by molar-refractivity contribution is 0.0440. The summed E-state index contributed by atoms with van der Waals surface area (Å²) in [6, 6.07) is 0. The van der Waals surface area contributed by atoms with Gasteiger partial charge in [-0.05, 0) is 30.1 Å². The van der Waals surface area contributed by atoms with E-state index in [-0.39, 0.29) is 11.5 Å². The molecule has 80 valence electrons. The highest BCUT2D eigenvalue weighted by atomic mass is 16.3. The van der Waals surface area contributed by atoms with Crippen LogP contribution in [0.15, 0.2) is 0 Å². The Balaban J connectivity index is 3.90. The summed E-state index contributed by atoms with van der Waals surface area (Å²) in [5.41, 5.74) is 0.219. The molecule has 0 aliphatic rings. The van der Waals surface area contributed by atoms with E-state index in [9.17, 15) is 5.11 Å². The summed E-state index contributed by atoms with van der Waals surface area (Å²) < 4.78 is 0. The molecule has 0 rings (SSSR count). The molecule has 0 amide bonds. The second kappa shape index (κ2) is 4.99. The fourth-order valence-electron chi connectivity index (χ4n) is 1.33. The Morgan fingerprint density at radius 3 is 1.77 bits per heavy atom. The predicted octanol–water partition coefficient (Wildman–Crippen LogP) is 3.47. The van der Waals surface area contributed by atoms with E-state index in [0.717, 1.165) is 12.8 Å². The summed E-state index contributed by atoms with van der Waals surface area (Å²) in [5, 5.41) is 9.90. The van der Waals surface area contributed by atoms with Crippen molar-refractivity contribution in [2.75, 3.05) is 0 Å². The summed E-state index contributed by atoms with van der Waals surface area (Å²) in [6.07, 6.45) is 1.93. The van der Waals surface area contributed by atoms with Crippen LogP contribution >= 0.6 is 0 Å². The van der Waals surface area contributed by atoms with Gasteiger partial charge in [-0.15, -0.1) is 0 Å². The zero-order chi connectivity index (χ0) is 10.6. The van der Waals surface area contributed by atoms with Gasteiger partial charge >= 0.3 is 0 Å². The van der Waals surface area contributed by atoms with Crippen LogP contribution in [0.25, 0.3) is 0 Å². The summed E-state index contributed by atoms with van der Waals surface area (Å²) >= 11 is 0. The summed E-state index contributed by atoms with van der Waals surface area (Å²) in [7, 11) is 0. The van der Waals surface area contributed by atoms with Gasteiger partial charge in [-0.25, -0.2) is 0 Å². The molecule has 0 heterocycles. The molecule has 1 heteroatoms. The van der Waals surface area contributed by atoms with Crippen LogP contribution in [0, 0.1) is 17.3 Å². The third-order valence-corrected chi connectivity index (χ3v) is 2.98. The highest BCUT2D eigenvalue weighted by Crippen LogP contribution is 2.30. The van der Waals surface area contributed by atoms with Crippen LogP contribution in [0.2, 0.25) is 0 Å². The van der Waals surface area contributed by atoms with Crippen LogP contribution in [0.3, 0.4) is 0 Å². The zero-order valence-electron chi connectivity index (χ0n) is 10.1. The van der Waals surface area contributed by atoms with E-state index in [1.807, 2.05) is 0 Å². The van der Waals surface area contributed by atoms with E-state index in [0.29, 0.717) is 11.8 Å². The van der Waals surface area contributed by atoms with Crippen LogP contribution in [0.5, 0.6) is 0 Å². The molecule has 0 fully saturated rings. The maximum absolute atomic E-state index is 9.90. The average molecular weight is 186 g/mol. The molecule has 0 aliphatic heterocycles. The SMILES string of the molecule is CC(C)CCC(O)C(C)C(C)(C)C. The Morgan fingerprint density at radius 1 is 1.00 bits per heavy atom. The zero-order valence-corrected chi connectivity index (χ0v) is 10.1. The van der Waals surface area contributed by atoms with E-state index in [4.69, 9.17) is 0 Å². The third kappa shape index (κ3) is 5.30. The van der Waals surface area contributed by atoms with Gasteiger partial charge in [-0.1, -0.05) is 41.5 Å². The lowest BCUT2D eigenvalue weighted by Crippen LogP contribution is -2.29. The minimum absolute atomic E-state index is 0.137. The number of hydrogen-bond donors (Lipinski definition) is 1. The molecule has 1 nitrogen and oxygen atoms in total. The molecule has 0 aromatic heterocycles. The maximum Gasteiger partial charge on any atom is 0.0570 e. The summed E-state index contributed by atoms with van der Waals surface area (Å²) in [6.45, 7) is 13.1. The summed E-state index contributed by atoms with van der Waals surface area (Å²) in [4.78, 5) is 0. The fourth-order valence-corrected chi connectivity index (χ4v) is 1.33. The van der Waals surface area contributed by atoms with Crippen molar-refractivity contribution in [3.05, 3.63) is 0 Å². The number of aliphatic hydroxyl groups is 1. The molecule has 2 atom stereocenters. The van der Waals surface area contributed by atoms with Gasteiger partial charge in [0, 0.05) is 0 Å². The predicted molar refractivity (Wildman–Crippen MR) is 58.7 cm³/mol. The van der Waals surface area contributed by atoms with Gasteiger partial charge in [0.2, 0.25) is 0 Å². The van der Waals surface area contributed by atoms with Crippen molar-refractivity contribution in [2.24, 2.45) is 17.3 Å². The second-order valence-corrected chi connectivity index (χ2v) is 5.69. The van der Waals surface area contributed by atoms with Crippen molar-refractivity contribution in [3.63, 3.8) is 0 Å². The number of hydrogen-bond acceptors (Lipinski definition) is 1. The van der Waals surface area contributed by atoms with Crippen LogP contribution in [0.4, 0.5) is 0 Å². The van der Waals surface area contributed by atoms with Crippen molar-refractivity contribution in [1.29, 1.82) is 0 Å². The molecular weight excluding hydrogens is 160 g/mol. The monoisotopic (exact) mass is 186 g/mol. The average Bonchev–Trinajstić information content (AvgIpc) is 1.96. The maximum atomic E-state index is 9.90. The first-order valence-corrected chi connectivity index (χ1v) is 5.43. The van der Waals surface area contributed by atoms with Gasteiger partial charge in [0.25, 0.3) is 0 Å². The Morgan fingerprint density at radius 2 is 1.46 bits per heavy atom. The van der Waals surface area contributed by atoms with Gasteiger partial charge < -0.3 is 5.11 Å². The molecule has 0 bridgehead atoms. The molecule has 13 heavy (non-hydrogen) atoms. The molecule has 0 aliphatic carbocycles. The van der Waals surface area contributed by atoms with E-state index in [2.05, 4.69) is 41.5 Å². The molecule has 1 N–H and O–H groups in total. The van der Waals surface area contributed by atoms with Crippen LogP contribution in [-0.2, 0) is 0 Å². The van der Waals surface area contributed by atoms with Crippen molar-refractivity contribution in [2.45, 2.75) is 60.5 Å². The molecule has 0 saturated carbocycles. The minimum Gasteiger partial charge on any atom is -0.393 e. The van der Waals surface area contributed by atoms with Gasteiger partial charge in [0.15, 0.2) is 0 Å². The molecule has 0 aromatic carbocycles. The summed E-state index contributed by atoms with van der Waals surface area (Å²) in [5.74, 6) is 1.08. The van der Waals surface area contributed by atoms with Crippen molar-refractivity contribution in [1.82, 2.24) is 0 Å². The molecule has 0 spiro atoms.